The molecule has 1 heteroatoms. The Morgan fingerprint density at radius 2 is 2.33 bits per heavy atom. The molecule has 1 fully saturated rings. The Balaban J connectivity index is 2.09. The van der Waals surface area contributed by atoms with Gasteiger partial charge in [0.15, 0.2) is 0 Å². The van der Waals surface area contributed by atoms with Gasteiger partial charge in [0.05, 0.1) is 7.85 Å². The van der Waals surface area contributed by atoms with Gasteiger partial charge in [0.25, 0.3) is 0 Å². The third-order valence-electron chi connectivity index (χ3n) is 1.58. The first kappa shape index (κ1) is 4.23. The topological polar surface area (TPSA) is 0 Å². The molecular weight excluding hydrogens is 70.9 g/mol. The summed E-state index contributed by atoms with van der Waals surface area (Å²) in [6, 6.07) is 0. The van der Waals surface area contributed by atoms with Crippen LogP contribution in [0.1, 0.15) is 13.3 Å². The summed E-state index contributed by atoms with van der Waals surface area (Å²) < 4.78 is 0. The molecule has 0 saturated heterocycles. The minimum atomic E-state index is 0.880. The van der Waals surface area contributed by atoms with Gasteiger partial charge < -0.3 is 0 Å². The molecule has 32 valence electrons. The largest absolute Gasteiger partial charge is 0.0856 e. The van der Waals surface area contributed by atoms with E-state index in [0.717, 1.165) is 18.2 Å². The van der Waals surface area contributed by atoms with Crippen LogP contribution < -0.4 is 0 Å². The summed E-state index contributed by atoms with van der Waals surface area (Å²) in [5.41, 5.74) is 0. The molecule has 0 aromatic carbocycles. The highest BCUT2D eigenvalue weighted by molar-refractivity contribution is 6.08. The fourth-order valence-corrected chi connectivity index (χ4v) is 0.728. The summed E-state index contributed by atoms with van der Waals surface area (Å²) in [6.07, 6.45) is 2.28. The first-order valence-electron chi connectivity index (χ1n) is 2.54. The van der Waals surface area contributed by atoms with Crippen molar-refractivity contribution < 1.29 is 0 Å². The van der Waals surface area contributed by atoms with Gasteiger partial charge in [-0.2, -0.15) is 0 Å². The van der Waals surface area contributed by atoms with Gasteiger partial charge in [0.1, 0.15) is 0 Å². The molecule has 0 heterocycles. The minimum absolute atomic E-state index is 0.880. The smallest absolute Gasteiger partial charge is 0.0656 e. The molecule has 2 atom stereocenters. The summed E-state index contributed by atoms with van der Waals surface area (Å²) in [4.78, 5) is 0. The van der Waals surface area contributed by atoms with Gasteiger partial charge in [-0.1, -0.05) is 13.2 Å². The van der Waals surface area contributed by atoms with E-state index in [0.29, 0.717) is 0 Å². The van der Waals surface area contributed by atoms with Crippen molar-refractivity contribution in [1.29, 1.82) is 0 Å². The van der Waals surface area contributed by atoms with Crippen LogP contribution in [0.4, 0.5) is 0 Å². The number of rotatable bonds is 1. The monoisotopic (exact) mass is 80.1 g/mol. The van der Waals surface area contributed by atoms with Gasteiger partial charge in [-0.05, 0) is 18.3 Å². The van der Waals surface area contributed by atoms with Gasteiger partial charge >= 0.3 is 0 Å². The fraction of sp³-hybridized carbons (Fsp3) is 1.00. The lowest BCUT2D eigenvalue weighted by Gasteiger charge is -1.79. The maximum atomic E-state index is 5.32. The lowest BCUT2D eigenvalue weighted by atomic mass is 10.00. The van der Waals surface area contributed by atoms with Gasteiger partial charge in [0.2, 0.25) is 0 Å². The van der Waals surface area contributed by atoms with Crippen LogP contribution >= 0.6 is 0 Å². The van der Waals surface area contributed by atoms with E-state index in [9.17, 15) is 0 Å². The molecule has 0 aromatic rings. The van der Waals surface area contributed by atoms with E-state index >= 15 is 0 Å². The number of hydrogen-bond acceptors (Lipinski definition) is 0. The van der Waals surface area contributed by atoms with Crippen LogP contribution in [-0.4, -0.2) is 7.85 Å². The quantitative estimate of drug-likeness (QED) is 0.415. The molecule has 0 aromatic heterocycles. The van der Waals surface area contributed by atoms with E-state index in [1.807, 2.05) is 0 Å². The Morgan fingerprint density at radius 1 is 1.83 bits per heavy atom. The van der Waals surface area contributed by atoms with Crippen molar-refractivity contribution in [3.05, 3.63) is 0 Å². The highest BCUT2D eigenvalue weighted by Gasteiger charge is 2.29. The molecule has 1 saturated carbocycles. The molecule has 2 unspecified atom stereocenters. The summed E-state index contributed by atoms with van der Waals surface area (Å²) in [5, 5.41) is 0. The molecule has 0 nitrogen and oxygen atoms in total. The predicted octanol–water partition coefficient (Wildman–Crippen LogP) is 1.23. The van der Waals surface area contributed by atoms with Crippen LogP contribution in [0.3, 0.4) is 0 Å². The van der Waals surface area contributed by atoms with Crippen LogP contribution in [0.25, 0.3) is 0 Å². The van der Waals surface area contributed by atoms with Crippen molar-refractivity contribution in [2.45, 2.75) is 19.7 Å². The molecule has 2 radical (unpaired) electrons. The van der Waals surface area contributed by atoms with Crippen molar-refractivity contribution in [3.63, 3.8) is 0 Å². The van der Waals surface area contributed by atoms with E-state index < -0.39 is 0 Å². The molecule has 1 rings (SSSR count). The summed E-state index contributed by atoms with van der Waals surface area (Å²) in [5.74, 6) is 1.82. The molecule has 0 amide bonds. The Bertz CT molecular complexity index is 49.9. The normalized spacial score (nSPS) is 42.8. The molecule has 6 heavy (non-hydrogen) atoms. The summed E-state index contributed by atoms with van der Waals surface area (Å²) in [7, 11) is 5.32. The zero-order chi connectivity index (χ0) is 4.57. The Morgan fingerprint density at radius 3 is 2.33 bits per heavy atom. The minimum Gasteiger partial charge on any atom is -0.0856 e. The van der Waals surface area contributed by atoms with Crippen molar-refractivity contribution in [2.24, 2.45) is 11.8 Å². The zero-order valence-corrected chi connectivity index (χ0v) is 4.15. The second-order valence-electron chi connectivity index (χ2n) is 2.21. The third-order valence-corrected chi connectivity index (χ3v) is 1.58. The predicted molar refractivity (Wildman–Crippen MR) is 27.8 cm³/mol. The van der Waals surface area contributed by atoms with Crippen LogP contribution in [0.2, 0.25) is 6.32 Å². The third kappa shape index (κ3) is 0.587. The Labute approximate surface area is 40.3 Å². The first-order chi connectivity index (χ1) is 2.84. The zero-order valence-electron chi connectivity index (χ0n) is 4.15. The van der Waals surface area contributed by atoms with E-state index in [1.165, 1.54) is 6.42 Å². The van der Waals surface area contributed by atoms with E-state index in [-0.39, 0.29) is 0 Å². The van der Waals surface area contributed by atoms with E-state index in [4.69, 9.17) is 7.85 Å². The highest BCUT2D eigenvalue weighted by atomic mass is 14.3. The van der Waals surface area contributed by atoms with Crippen LogP contribution in [0.5, 0.6) is 0 Å². The van der Waals surface area contributed by atoms with Gasteiger partial charge in [-0.3, -0.25) is 0 Å². The molecular formula is C5H9B. The molecule has 0 N–H and O–H groups in total. The van der Waals surface area contributed by atoms with Gasteiger partial charge in [-0.25, -0.2) is 0 Å². The van der Waals surface area contributed by atoms with Crippen molar-refractivity contribution in [3.8, 4) is 0 Å². The Hall–Kier alpha value is 0.0649. The molecule has 1 aliphatic rings. The van der Waals surface area contributed by atoms with Crippen molar-refractivity contribution in [2.75, 3.05) is 0 Å². The van der Waals surface area contributed by atoms with Crippen LogP contribution in [0.15, 0.2) is 0 Å². The summed E-state index contributed by atoms with van der Waals surface area (Å²) >= 11 is 0. The second-order valence-corrected chi connectivity index (χ2v) is 2.21. The molecule has 0 aliphatic heterocycles. The van der Waals surface area contributed by atoms with Crippen molar-refractivity contribution in [1.82, 2.24) is 0 Å². The highest BCUT2D eigenvalue weighted by Crippen LogP contribution is 2.39. The average molecular weight is 79.9 g/mol. The van der Waals surface area contributed by atoms with Crippen LogP contribution in [0, 0.1) is 11.8 Å². The van der Waals surface area contributed by atoms with Gasteiger partial charge in [-0.15, -0.1) is 0 Å². The van der Waals surface area contributed by atoms with Gasteiger partial charge in [0, 0.05) is 0 Å². The van der Waals surface area contributed by atoms with Crippen LogP contribution in [-0.2, 0) is 0 Å². The van der Waals surface area contributed by atoms with Crippen molar-refractivity contribution >= 4 is 7.85 Å². The lowest BCUT2D eigenvalue weighted by Crippen LogP contribution is -1.72. The van der Waals surface area contributed by atoms with E-state index in [1.54, 1.807) is 0 Å². The first-order valence-corrected chi connectivity index (χ1v) is 2.54. The fourth-order valence-electron chi connectivity index (χ4n) is 0.728. The van der Waals surface area contributed by atoms with E-state index in [2.05, 4.69) is 6.92 Å². The molecule has 0 bridgehead atoms. The number of hydrogen-bond donors (Lipinski definition) is 0. The average Bonchev–Trinajstić information content (AvgIpc) is 2.19. The lowest BCUT2D eigenvalue weighted by molar-refractivity contribution is 0.833. The molecule has 1 aliphatic carbocycles. The SMILES string of the molecule is [B]CC1CC1C. The maximum absolute atomic E-state index is 5.32. The molecule has 0 spiro atoms. The maximum Gasteiger partial charge on any atom is 0.0656 e. The summed E-state index contributed by atoms with van der Waals surface area (Å²) in [6.45, 7) is 2.25. The second kappa shape index (κ2) is 1.29. The Kier molecular flexibility index (Phi) is 0.907. The standard InChI is InChI=1S/C5H9B/c1-4-2-5(4)3-6/h4-5H,2-3H2,1H3.